The van der Waals surface area contributed by atoms with Crippen molar-refractivity contribution in [3.63, 3.8) is 0 Å². The molecule has 0 unspecified atom stereocenters. The molecule has 0 bridgehead atoms. The Bertz CT molecular complexity index is 1010. The van der Waals surface area contributed by atoms with Gasteiger partial charge in [0.05, 0.1) is 18.8 Å². The summed E-state index contributed by atoms with van der Waals surface area (Å²) in [5.41, 5.74) is 0.800. The number of benzene rings is 1. The van der Waals surface area contributed by atoms with E-state index in [-0.39, 0.29) is 18.0 Å². The Morgan fingerprint density at radius 1 is 1.28 bits per heavy atom. The van der Waals surface area contributed by atoms with Gasteiger partial charge in [-0.2, -0.15) is 0 Å². The number of hydrogen-bond donors (Lipinski definition) is 1. The van der Waals surface area contributed by atoms with Crippen LogP contribution in [-0.2, 0) is 16.1 Å². The molecule has 0 radical (unpaired) electrons. The van der Waals surface area contributed by atoms with Crippen LogP contribution in [0, 0.1) is 6.92 Å². The third kappa shape index (κ3) is 3.29. The number of hydrogen-bond acceptors (Lipinski definition) is 6. The van der Waals surface area contributed by atoms with Crippen LogP contribution in [0.3, 0.4) is 0 Å². The lowest BCUT2D eigenvalue weighted by Gasteiger charge is -2.07. The summed E-state index contributed by atoms with van der Waals surface area (Å²) < 4.78 is 5.94. The molecule has 0 saturated carbocycles. The molecule has 2 heterocycles. The number of methoxy groups -OCH3 is 1. The van der Waals surface area contributed by atoms with Crippen molar-refractivity contribution in [1.29, 1.82) is 0 Å². The van der Waals surface area contributed by atoms with Gasteiger partial charge in [0, 0.05) is 5.69 Å². The fourth-order valence-corrected chi connectivity index (χ4v) is 3.49. The maximum atomic E-state index is 12.7. The molecule has 0 spiro atoms. The number of aromatic nitrogens is 2. The minimum Gasteiger partial charge on any atom is -0.465 e. The second kappa shape index (κ2) is 6.86. The minimum absolute atomic E-state index is 0.167. The lowest BCUT2D eigenvalue weighted by atomic mass is 10.2. The van der Waals surface area contributed by atoms with E-state index in [0.717, 1.165) is 11.3 Å². The van der Waals surface area contributed by atoms with Crippen molar-refractivity contribution in [2.24, 2.45) is 0 Å². The van der Waals surface area contributed by atoms with Gasteiger partial charge in [-0.3, -0.25) is 14.2 Å². The molecule has 0 fully saturated rings. The van der Waals surface area contributed by atoms with Crippen molar-refractivity contribution in [2.45, 2.75) is 13.5 Å². The Morgan fingerprint density at radius 3 is 2.68 bits per heavy atom. The van der Waals surface area contributed by atoms with E-state index in [1.54, 1.807) is 31.2 Å². The number of rotatable bonds is 4. The number of esters is 1. The maximum Gasteiger partial charge on any atom is 0.348 e. The number of fused-ring (bicyclic) bond motifs is 1. The van der Waals surface area contributed by atoms with E-state index in [1.165, 1.54) is 18.0 Å². The summed E-state index contributed by atoms with van der Waals surface area (Å²) in [6, 6.07) is 8.97. The zero-order valence-electron chi connectivity index (χ0n) is 13.6. The Hall–Kier alpha value is -3.00. The first-order valence-corrected chi connectivity index (χ1v) is 8.24. The van der Waals surface area contributed by atoms with Crippen molar-refractivity contribution in [1.82, 2.24) is 9.55 Å². The molecule has 8 heteroatoms. The predicted octanol–water partition coefficient (Wildman–Crippen LogP) is 2.19. The molecule has 25 heavy (non-hydrogen) atoms. The molecular formula is C17H15N3O4S. The Morgan fingerprint density at radius 2 is 2.00 bits per heavy atom. The molecule has 0 aliphatic carbocycles. The summed E-state index contributed by atoms with van der Waals surface area (Å²) in [5, 5.41) is 3.05. The zero-order chi connectivity index (χ0) is 18.0. The van der Waals surface area contributed by atoms with Crippen LogP contribution in [0.15, 0.2) is 41.5 Å². The van der Waals surface area contributed by atoms with Gasteiger partial charge >= 0.3 is 5.97 Å². The van der Waals surface area contributed by atoms with Gasteiger partial charge in [-0.05, 0) is 24.6 Å². The number of nitrogens with one attached hydrogen (secondary N) is 1. The van der Waals surface area contributed by atoms with E-state index in [2.05, 4.69) is 10.3 Å². The van der Waals surface area contributed by atoms with E-state index in [1.807, 2.05) is 6.07 Å². The van der Waals surface area contributed by atoms with Gasteiger partial charge in [0.15, 0.2) is 0 Å². The smallest absolute Gasteiger partial charge is 0.348 e. The van der Waals surface area contributed by atoms with Crippen molar-refractivity contribution in [3.8, 4) is 0 Å². The number of para-hydroxylation sites is 1. The summed E-state index contributed by atoms with van der Waals surface area (Å²) in [7, 11) is 1.28. The van der Waals surface area contributed by atoms with Gasteiger partial charge in [0.2, 0.25) is 5.91 Å². The molecule has 0 aliphatic rings. The van der Waals surface area contributed by atoms with Crippen LogP contribution < -0.4 is 10.9 Å². The van der Waals surface area contributed by atoms with Crippen LogP contribution in [0.1, 0.15) is 15.2 Å². The van der Waals surface area contributed by atoms with Crippen molar-refractivity contribution >= 4 is 39.1 Å². The normalized spacial score (nSPS) is 10.6. The van der Waals surface area contributed by atoms with Crippen LogP contribution in [0.5, 0.6) is 0 Å². The highest BCUT2D eigenvalue weighted by molar-refractivity contribution is 7.20. The first-order chi connectivity index (χ1) is 12.0. The second-order valence-corrected chi connectivity index (χ2v) is 6.32. The zero-order valence-corrected chi connectivity index (χ0v) is 14.4. The van der Waals surface area contributed by atoms with E-state index < -0.39 is 5.97 Å². The Labute approximate surface area is 146 Å². The van der Waals surface area contributed by atoms with E-state index in [0.29, 0.717) is 26.3 Å². The summed E-state index contributed by atoms with van der Waals surface area (Å²) in [6.45, 7) is 1.50. The number of carbonyl (C=O) groups excluding carboxylic acids is 2. The molecule has 128 valence electrons. The van der Waals surface area contributed by atoms with Crippen molar-refractivity contribution in [3.05, 3.63) is 57.5 Å². The lowest BCUT2D eigenvalue weighted by Crippen LogP contribution is -2.27. The standard InChI is InChI=1S/C17H15N3O4S/c1-10-13-15(25-14(10)17(23)24-2)18-9-20(16(13)22)8-12(21)19-11-6-4-3-5-7-11/h3-7,9H,8H2,1-2H3,(H,19,21). The van der Waals surface area contributed by atoms with E-state index >= 15 is 0 Å². The molecule has 0 aliphatic heterocycles. The van der Waals surface area contributed by atoms with Crippen molar-refractivity contribution in [2.75, 3.05) is 12.4 Å². The lowest BCUT2D eigenvalue weighted by molar-refractivity contribution is -0.116. The quantitative estimate of drug-likeness (QED) is 0.723. The number of aryl methyl sites for hydroxylation is 1. The van der Waals surface area contributed by atoms with Crippen LogP contribution >= 0.6 is 11.3 Å². The van der Waals surface area contributed by atoms with Crippen LogP contribution in [-0.4, -0.2) is 28.5 Å². The van der Waals surface area contributed by atoms with Crippen LogP contribution in [0.25, 0.3) is 10.2 Å². The highest BCUT2D eigenvalue weighted by Crippen LogP contribution is 2.27. The number of amides is 1. The van der Waals surface area contributed by atoms with E-state index in [4.69, 9.17) is 4.74 Å². The third-order valence-electron chi connectivity index (χ3n) is 3.66. The third-order valence-corrected chi connectivity index (χ3v) is 4.84. The predicted molar refractivity (Wildman–Crippen MR) is 95.0 cm³/mol. The van der Waals surface area contributed by atoms with Gasteiger partial charge < -0.3 is 10.1 Å². The molecule has 3 aromatic rings. The Kier molecular flexibility index (Phi) is 4.62. The first-order valence-electron chi connectivity index (χ1n) is 7.43. The highest BCUT2D eigenvalue weighted by Gasteiger charge is 2.20. The molecular weight excluding hydrogens is 342 g/mol. The summed E-state index contributed by atoms with van der Waals surface area (Å²) in [5.74, 6) is -0.844. The summed E-state index contributed by atoms with van der Waals surface area (Å²) >= 11 is 1.10. The molecule has 1 aromatic carbocycles. The first kappa shape index (κ1) is 16.8. The minimum atomic E-state index is -0.506. The molecule has 1 amide bonds. The average Bonchev–Trinajstić information content (AvgIpc) is 2.95. The van der Waals surface area contributed by atoms with Crippen LogP contribution in [0.4, 0.5) is 5.69 Å². The maximum absolute atomic E-state index is 12.7. The topological polar surface area (TPSA) is 90.3 Å². The number of thiophene rings is 1. The Balaban J connectivity index is 1.91. The molecule has 3 rings (SSSR count). The fourth-order valence-electron chi connectivity index (χ4n) is 2.44. The second-order valence-electron chi connectivity index (χ2n) is 5.32. The average molecular weight is 357 g/mol. The number of nitrogens with zero attached hydrogens (tertiary/aromatic N) is 2. The molecule has 0 atom stereocenters. The number of ether oxygens (including phenoxy) is 1. The largest absolute Gasteiger partial charge is 0.465 e. The highest BCUT2D eigenvalue weighted by atomic mass is 32.1. The van der Waals surface area contributed by atoms with Gasteiger partial charge in [0.1, 0.15) is 16.3 Å². The SMILES string of the molecule is COC(=O)c1sc2ncn(CC(=O)Nc3ccccc3)c(=O)c2c1C. The molecule has 0 saturated heterocycles. The van der Waals surface area contributed by atoms with Gasteiger partial charge in [-0.15, -0.1) is 11.3 Å². The summed E-state index contributed by atoms with van der Waals surface area (Å²) in [4.78, 5) is 41.6. The van der Waals surface area contributed by atoms with Crippen LogP contribution in [0.2, 0.25) is 0 Å². The van der Waals surface area contributed by atoms with Gasteiger partial charge in [-0.25, -0.2) is 9.78 Å². The van der Waals surface area contributed by atoms with Crippen molar-refractivity contribution < 1.29 is 14.3 Å². The number of anilines is 1. The fraction of sp³-hybridized carbons (Fsp3) is 0.176. The molecule has 1 N–H and O–H groups in total. The molecule has 7 nitrogen and oxygen atoms in total. The summed E-state index contributed by atoms with van der Waals surface area (Å²) in [6.07, 6.45) is 1.31. The van der Waals surface area contributed by atoms with E-state index in [9.17, 15) is 14.4 Å². The number of carbonyl (C=O) groups is 2. The van der Waals surface area contributed by atoms with Gasteiger partial charge in [0.25, 0.3) is 5.56 Å². The van der Waals surface area contributed by atoms with Gasteiger partial charge in [-0.1, -0.05) is 18.2 Å². The monoisotopic (exact) mass is 357 g/mol. The molecule has 2 aromatic heterocycles.